The molecule has 0 amide bonds. The summed E-state index contributed by atoms with van der Waals surface area (Å²) in [5.74, 6) is 0.105. The summed E-state index contributed by atoms with van der Waals surface area (Å²) in [6, 6.07) is 0. The van der Waals surface area contributed by atoms with Gasteiger partial charge in [0.15, 0.2) is 0 Å². The summed E-state index contributed by atoms with van der Waals surface area (Å²) in [7, 11) is 0. The van der Waals surface area contributed by atoms with Gasteiger partial charge in [-0.15, -0.1) is 0 Å². The van der Waals surface area contributed by atoms with Gasteiger partial charge in [-0.1, -0.05) is 6.92 Å². The van der Waals surface area contributed by atoms with E-state index < -0.39 is 0 Å². The van der Waals surface area contributed by atoms with Crippen LogP contribution in [0.5, 0.6) is 0 Å². The van der Waals surface area contributed by atoms with Crippen molar-refractivity contribution in [3.05, 3.63) is 0 Å². The minimum Gasteiger partial charge on any atom is -0.303 e. The van der Waals surface area contributed by atoms with E-state index in [4.69, 9.17) is 0 Å². The molecule has 1 aliphatic carbocycles. The standard InChI is InChI=1S/C8H13NO/c1-7(6-10)5-9-8-3-2-4-8/h6-7H,2-5H2,1H3. The molecule has 0 N–H and O–H groups in total. The SMILES string of the molecule is CC(C=O)CN=C1CCC1. The fraction of sp³-hybridized carbons (Fsp3) is 0.750. The Hall–Kier alpha value is -0.660. The zero-order chi connectivity index (χ0) is 7.40. The van der Waals surface area contributed by atoms with Gasteiger partial charge in [-0.25, -0.2) is 0 Å². The van der Waals surface area contributed by atoms with Gasteiger partial charge in [-0.3, -0.25) is 4.99 Å². The zero-order valence-corrected chi connectivity index (χ0v) is 6.34. The predicted octanol–water partition coefficient (Wildman–Crippen LogP) is 1.45. The Morgan fingerprint density at radius 2 is 2.40 bits per heavy atom. The molecule has 0 bridgehead atoms. The summed E-state index contributed by atoms with van der Waals surface area (Å²) in [5.41, 5.74) is 1.30. The van der Waals surface area contributed by atoms with Gasteiger partial charge in [0, 0.05) is 18.2 Å². The molecule has 0 radical (unpaired) electrons. The van der Waals surface area contributed by atoms with Gasteiger partial charge in [0.05, 0.1) is 0 Å². The van der Waals surface area contributed by atoms with Crippen molar-refractivity contribution in [2.45, 2.75) is 26.2 Å². The first-order chi connectivity index (χ1) is 4.83. The number of aldehydes is 1. The average molecular weight is 139 g/mol. The van der Waals surface area contributed by atoms with Gasteiger partial charge in [0.1, 0.15) is 6.29 Å². The van der Waals surface area contributed by atoms with Crippen LogP contribution in [0.25, 0.3) is 0 Å². The topological polar surface area (TPSA) is 29.4 Å². The molecular weight excluding hydrogens is 126 g/mol. The smallest absolute Gasteiger partial charge is 0.124 e. The number of carbonyl (C=O) groups excluding carboxylic acids is 1. The molecule has 0 aromatic rings. The predicted molar refractivity (Wildman–Crippen MR) is 41.4 cm³/mol. The molecular formula is C8H13NO. The van der Waals surface area contributed by atoms with Crippen molar-refractivity contribution in [3.63, 3.8) is 0 Å². The van der Waals surface area contributed by atoms with Crippen LogP contribution in [0.2, 0.25) is 0 Å². The van der Waals surface area contributed by atoms with Crippen LogP contribution >= 0.6 is 0 Å². The van der Waals surface area contributed by atoms with E-state index in [1.165, 1.54) is 12.1 Å². The van der Waals surface area contributed by atoms with Crippen molar-refractivity contribution >= 4 is 12.0 Å². The van der Waals surface area contributed by atoms with Crippen LogP contribution in [0.15, 0.2) is 4.99 Å². The number of aliphatic imine (C=N–C) groups is 1. The van der Waals surface area contributed by atoms with Gasteiger partial charge in [0.25, 0.3) is 0 Å². The quantitative estimate of drug-likeness (QED) is 0.544. The van der Waals surface area contributed by atoms with E-state index in [9.17, 15) is 4.79 Å². The molecule has 2 heteroatoms. The third kappa shape index (κ3) is 1.94. The maximum atomic E-state index is 10.2. The van der Waals surface area contributed by atoms with Crippen molar-refractivity contribution in [2.75, 3.05) is 6.54 Å². The maximum absolute atomic E-state index is 10.2. The molecule has 0 saturated heterocycles. The van der Waals surface area contributed by atoms with Crippen LogP contribution < -0.4 is 0 Å². The van der Waals surface area contributed by atoms with Crippen molar-refractivity contribution in [1.29, 1.82) is 0 Å². The lowest BCUT2D eigenvalue weighted by molar-refractivity contribution is -0.110. The third-order valence-corrected chi connectivity index (χ3v) is 1.77. The first-order valence-corrected chi connectivity index (χ1v) is 3.80. The minimum atomic E-state index is 0.105. The molecule has 0 aromatic carbocycles. The highest BCUT2D eigenvalue weighted by Gasteiger charge is 2.09. The van der Waals surface area contributed by atoms with E-state index in [1.54, 1.807) is 0 Å². The molecule has 1 aliphatic rings. The first kappa shape index (κ1) is 7.45. The van der Waals surface area contributed by atoms with Crippen LogP contribution in [0.4, 0.5) is 0 Å². The molecule has 0 spiro atoms. The molecule has 56 valence electrons. The van der Waals surface area contributed by atoms with Gasteiger partial charge < -0.3 is 4.79 Å². The van der Waals surface area contributed by atoms with Crippen LogP contribution in [-0.2, 0) is 4.79 Å². The fourth-order valence-electron chi connectivity index (χ4n) is 0.809. The van der Waals surface area contributed by atoms with E-state index in [0.29, 0.717) is 6.54 Å². The third-order valence-electron chi connectivity index (χ3n) is 1.77. The van der Waals surface area contributed by atoms with E-state index in [1.807, 2.05) is 6.92 Å². The molecule has 1 atom stereocenters. The Bertz CT molecular complexity index is 145. The van der Waals surface area contributed by atoms with Crippen molar-refractivity contribution in [2.24, 2.45) is 10.9 Å². The van der Waals surface area contributed by atoms with Crippen molar-refractivity contribution in [3.8, 4) is 0 Å². The number of nitrogens with zero attached hydrogens (tertiary/aromatic N) is 1. The Labute approximate surface area is 61.3 Å². The van der Waals surface area contributed by atoms with Crippen LogP contribution in [0.1, 0.15) is 26.2 Å². The molecule has 2 nitrogen and oxygen atoms in total. The van der Waals surface area contributed by atoms with Crippen molar-refractivity contribution < 1.29 is 4.79 Å². The first-order valence-electron chi connectivity index (χ1n) is 3.80. The van der Waals surface area contributed by atoms with Gasteiger partial charge in [-0.2, -0.15) is 0 Å². The Kier molecular flexibility index (Phi) is 2.60. The van der Waals surface area contributed by atoms with E-state index in [0.717, 1.165) is 19.1 Å². The normalized spacial score (nSPS) is 19.5. The van der Waals surface area contributed by atoms with Gasteiger partial charge in [-0.05, 0) is 19.3 Å². The van der Waals surface area contributed by atoms with Crippen LogP contribution in [0, 0.1) is 5.92 Å². The second kappa shape index (κ2) is 3.49. The molecule has 1 fully saturated rings. The van der Waals surface area contributed by atoms with Gasteiger partial charge in [0.2, 0.25) is 0 Å². The Morgan fingerprint density at radius 3 is 2.80 bits per heavy atom. The van der Waals surface area contributed by atoms with Gasteiger partial charge >= 0.3 is 0 Å². The zero-order valence-electron chi connectivity index (χ0n) is 6.34. The molecule has 1 saturated carbocycles. The monoisotopic (exact) mass is 139 g/mol. The molecule has 1 rings (SSSR count). The number of hydrogen-bond acceptors (Lipinski definition) is 2. The molecule has 0 heterocycles. The Morgan fingerprint density at radius 1 is 1.70 bits per heavy atom. The van der Waals surface area contributed by atoms with Crippen LogP contribution in [-0.4, -0.2) is 18.5 Å². The number of carbonyl (C=O) groups is 1. The highest BCUT2D eigenvalue weighted by molar-refractivity contribution is 5.89. The second-order valence-corrected chi connectivity index (χ2v) is 2.87. The molecule has 0 aromatic heterocycles. The highest BCUT2D eigenvalue weighted by atomic mass is 16.1. The summed E-state index contributed by atoms with van der Waals surface area (Å²) in [5, 5.41) is 0. The largest absolute Gasteiger partial charge is 0.303 e. The average Bonchev–Trinajstić information content (AvgIpc) is 1.84. The van der Waals surface area contributed by atoms with E-state index >= 15 is 0 Å². The van der Waals surface area contributed by atoms with Crippen molar-refractivity contribution in [1.82, 2.24) is 0 Å². The summed E-state index contributed by atoms with van der Waals surface area (Å²) >= 11 is 0. The summed E-state index contributed by atoms with van der Waals surface area (Å²) < 4.78 is 0. The summed E-state index contributed by atoms with van der Waals surface area (Å²) in [6.07, 6.45) is 4.56. The molecule has 0 aliphatic heterocycles. The van der Waals surface area contributed by atoms with Crippen LogP contribution in [0.3, 0.4) is 0 Å². The Balaban J connectivity index is 2.19. The van der Waals surface area contributed by atoms with E-state index in [-0.39, 0.29) is 5.92 Å². The maximum Gasteiger partial charge on any atom is 0.124 e. The summed E-state index contributed by atoms with van der Waals surface area (Å²) in [4.78, 5) is 14.4. The lowest BCUT2D eigenvalue weighted by Crippen LogP contribution is -2.12. The minimum absolute atomic E-state index is 0.105. The summed E-state index contributed by atoms with van der Waals surface area (Å²) in [6.45, 7) is 2.59. The molecule has 10 heavy (non-hydrogen) atoms. The number of hydrogen-bond donors (Lipinski definition) is 0. The highest BCUT2D eigenvalue weighted by Crippen LogP contribution is 2.14. The second-order valence-electron chi connectivity index (χ2n) is 2.87. The lowest BCUT2D eigenvalue weighted by Gasteiger charge is -2.14. The fourth-order valence-corrected chi connectivity index (χ4v) is 0.809. The number of rotatable bonds is 3. The van der Waals surface area contributed by atoms with E-state index in [2.05, 4.69) is 4.99 Å². The molecule has 1 unspecified atom stereocenters. The lowest BCUT2D eigenvalue weighted by atomic mass is 9.97.